The summed E-state index contributed by atoms with van der Waals surface area (Å²) in [4.78, 5) is 22.2. The molecule has 98 valence electrons. The number of aliphatic hydroxyl groups is 1. The molecule has 1 rings (SSSR count). The minimum absolute atomic E-state index is 0.242. The van der Waals surface area contributed by atoms with Gasteiger partial charge in [0.05, 0.1) is 6.54 Å². The third kappa shape index (κ3) is 3.83. The number of nitrogens with one attached hydrogen (secondary N) is 1. The molecule has 1 aromatic carbocycles. The molecule has 2 unspecified atom stereocenters. The summed E-state index contributed by atoms with van der Waals surface area (Å²) in [6.07, 6.45) is -1.40. The Hall–Kier alpha value is -1.92. The van der Waals surface area contributed by atoms with Crippen LogP contribution in [0.4, 0.5) is 0 Å². The molecule has 0 saturated heterocycles. The Balaban J connectivity index is 2.56. The van der Waals surface area contributed by atoms with Crippen LogP contribution in [0.3, 0.4) is 0 Å². The first-order valence-corrected chi connectivity index (χ1v) is 5.49. The minimum atomic E-state index is -1.40. The maximum atomic E-state index is 11.7. The van der Waals surface area contributed by atoms with Crippen molar-refractivity contribution in [2.75, 3.05) is 6.54 Å². The fourth-order valence-corrected chi connectivity index (χ4v) is 1.33. The van der Waals surface area contributed by atoms with E-state index in [0.717, 1.165) is 5.56 Å². The van der Waals surface area contributed by atoms with E-state index in [4.69, 9.17) is 16.6 Å². The van der Waals surface area contributed by atoms with Crippen molar-refractivity contribution in [2.24, 2.45) is 11.5 Å². The number of carbonyl (C=O) groups is 2. The molecule has 0 bridgehead atoms. The lowest BCUT2D eigenvalue weighted by Crippen LogP contribution is -2.43. The van der Waals surface area contributed by atoms with Crippen LogP contribution in [-0.2, 0) is 9.59 Å². The van der Waals surface area contributed by atoms with Gasteiger partial charge in [0.1, 0.15) is 12.1 Å². The van der Waals surface area contributed by atoms with Gasteiger partial charge in [0.25, 0.3) is 0 Å². The van der Waals surface area contributed by atoms with Crippen molar-refractivity contribution in [3.8, 4) is 0 Å². The lowest BCUT2D eigenvalue weighted by molar-refractivity contribution is -0.127. The third-order valence-corrected chi connectivity index (χ3v) is 2.52. The molecule has 6 heteroatoms. The smallest absolute Gasteiger partial charge is 0.248 e. The molecule has 18 heavy (non-hydrogen) atoms. The highest BCUT2D eigenvalue weighted by Gasteiger charge is 2.18. The van der Waals surface area contributed by atoms with Gasteiger partial charge in [0, 0.05) is 0 Å². The first kappa shape index (κ1) is 14.1. The van der Waals surface area contributed by atoms with Gasteiger partial charge in [0.2, 0.25) is 11.8 Å². The average Bonchev–Trinajstić information content (AvgIpc) is 2.35. The van der Waals surface area contributed by atoms with Gasteiger partial charge in [-0.25, -0.2) is 0 Å². The van der Waals surface area contributed by atoms with Gasteiger partial charge >= 0.3 is 0 Å². The van der Waals surface area contributed by atoms with E-state index in [1.54, 1.807) is 12.1 Å². The number of hydrogen-bond donors (Lipinski definition) is 4. The standard InChI is InChI=1S/C12H17N3O3/c1-7-2-4-8(5-3-7)10(13)12(18)15-6-9(16)11(14)17/h2-5,9-10,16H,6,13H2,1H3,(H2,14,17)(H,15,18). The zero-order valence-corrected chi connectivity index (χ0v) is 10.1. The minimum Gasteiger partial charge on any atom is -0.381 e. The molecule has 2 atom stereocenters. The van der Waals surface area contributed by atoms with Gasteiger partial charge in [-0.2, -0.15) is 0 Å². The van der Waals surface area contributed by atoms with Gasteiger partial charge in [-0.3, -0.25) is 9.59 Å². The van der Waals surface area contributed by atoms with E-state index in [-0.39, 0.29) is 6.54 Å². The second-order valence-corrected chi connectivity index (χ2v) is 4.05. The molecule has 0 radical (unpaired) electrons. The summed E-state index contributed by atoms with van der Waals surface area (Å²) in [5, 5.41) is 11.5. The summed E-state index contributed by atoms with van der Waals surface area (Å²) in [6.45, 7) is 1.69. The highest BCUT2D eigenvalue weighted by molar-refractivity contribution is 5.84. The predicted octanol–water partition coefficient (Wildman–Crippen LogP) is -1.04. The van der Waals surface area contributed by atoms with Crippen molar-refractivity contribution >= 4 is 11.8 Å². The number of rotatable bonds is 5. The Bertz CT molecular complexity index is 431. The highest BCUT2D eigenvalue weighted by atomic mass is 16.3. The molecule has 1 aromatic rings. The maximum Gasteiger partial charge on any atom is 0.248 e. The van der Waals surface area contributed by atoms with Crippen molar-refractivity contribution < 1.29 is 14.7 Å². The first-order valence-electron chi connectivity index (χ1n) is 5.49. The van der Waals surface area contributed by atoms with Gasteiger partial charge in [0.15, 0.2) is 0 Å². The molecule has 2 amide bonds. The molecule has 0 saturated carbocycles. The molecular weight excluding hydrogens is 234 g/mol. The van der Waals surface area contributed by atoms with Crippen LogP contribution in [0.15, 0.2) is 24.3 Å². The van der Waals surface area contributed by atoms with E-state index in [9.17, 15) is 9.59 Å². The second-order valence-electron chi connectivity index (χ2n) is 4.05. The monoisotopic (exact) mass is 251 g/mol. The molecule has 0 aliphatic carbocycles. The van der Waals surface area contributed by atoms with Gasteiger partial charge in [-0.1, -0.05) is 29.8 Å². The average molecular weight is 251 g/mol. The van der Waals surface area contributed by atoms with Gasteiger partial charge in [-0.15, -0.1) is 0 Å². The zero-order valence-electron chi connectivity index (χ0n) is 10.1. The van der Waals surface area contributed by atoms with Crippen LogP contribution >= 0.6 is 0 Å². The Morgan fingerprint density at radius 3 is 2.39 bits per heavy atom. The number of aliphatic hydroxyl groups excluding tert-OH is 1. The molecule has 0 aromatic heterocycles. The van der Waals surface area contributed by atoms with Crippen molar-refractivity contribution in [2.45, 2.75) is 19.1 Å². The van der Waals surface area contributed by atoms with Crippen LogP contribution in [0.1, 0.15) is 17.2 Å². The number of amides is 2. The third-order valence-electron chi connectivity index (χ3n) is 2.52. The van der Waals surface area contributed by atoms with E-state index >= 15 is 0 Å². The van der Waals surface area contributed by atoms with Crippen molar-refractivity contribution in [3.63, 3.8) is 0 Å². The maximum absolute atomic E-state index is 11.7. The summed E-state index contributed by atoms with van der Waals surface area (Å²) in [5.74, 6) is -1.36. The number of aryl methyl sites for hydroxylation is 1. The molecule has 0 spiro atoms. The SMILES string of the molecule is Cc1ccc(C(N)C(=O)NCC(O)C(N)=O)cc1. The van der Waals surface area contributed by atoms with Crippen molar-refractivity contribution in [3.05, 3.63) is 35.4 Å². The molecule has 0 aliphatic heterocycles. The normalized spacial score (nSPS) is 13.7. The van der Waals surface area contributed by atoms with Crippen LogP contribution in [0.2, 0.25) is 0 Å². The lowest BCUT2D eigenvalue weighted by Gasteiger charge is -2.14. The number of nitrogens with two attached hydrogens (primary N) is 2. The molecule has 0 aliphatic rings. The van der Waals surface area contributed by atoms with E-state index < -0.39 is 24.0 Å². The van der Waals surface area contributed by atoms with E-state index in [2.05, 4.69) is 5.32 Å². The largest absolute Gasteiger partial charge is 0.381 e. The molecular formula is C12H17N3O3. The Labute approximate surface area is 105 Å². The fraction of sp³-hybridized carbons (Fsp3) is 0.333. The summed E-state index contributed by atoms with van der Waals surface area (Å²) < 4.78 is 0. The predicted molar refractivity (Wildman–Crippen MR) is 66.3 cm³/mol. The number of hydrogen-bond acceptors (Lipinski definition) is 4. The van der Waals surface area contributed by atoms with Gasteiger partial charge < -0.3 is 21.9 Å². The van der Waals surface area contributed by atoms with E-state index in [1.165, 1.54) is 0 Å². The van der Waals surface area contributed by atoms with E-state index in [1.807, 2.05) is 19.1 Å². The lowest BCUT2D eigenvalue weighted by atomic mass is 10.1. The number of benzene rings is 1. The number of carbonyl (C=O) groups excluding carboxylic acids is 2. The Kier molecular flexibility index (Phi) is 4.82. The van der Waals surface area contributed by atoms with Crippen LogP contribution in [0, 0.1) is 6.92 Å². The summed E-state index contributed by atoms with van der Waals surface area (Å²) in [5.41, 5.74) is 12.3. The van der Waals surface area contributed by atoms with Crippen LogP contribution in [0.5, 0.6) is 0 Å². The Morgan fingerprint density at radius 1 is 1.33 bits per heavy atom. The highest BCUT2D eigenvalue weighted by Crippen LogP contribution is 2.11. The van der Waals surface area contributed by atoms with Gasteiger partial charge in [-0.05, 0) is 12.5 Å². The molecule has 6 nitrogen and oxygen atoms in total. The molecule has 0 heterocycles. The summed E-state index contributed by atoms with van der Waals surface area (Å²) in [6, 6.07) is 6.36. The zero-order chi connectivity index (χ0) is 13.7. The molecule has 0 fully saturated rings. The fourth-order valence-electron chi connectivity index (χ4n) is 1.33. The summed E-state index contributed by atoms with van der Waals surface area (Å²) in [7, 11) is 0. The van der Waals surface area contributed by atoms with E-state index in [0.29, 0.717) is 5.56 Å². The number of primary amides is 1. The second kappa shape index (κ2) is 6.13. The Morgan fingerprint density at radius 2 is 1.89 bits per heavy atom. The van der Waals surface area contributed by atoms with Crippen LogP contribution in [-0.4, -0.2) is 29.6 Å². The van der Waals surface area contributed by atoms with Crippen LogP contribution < -0.4 is 16.8 Å². The topological polar surface area (TPSA) is 118 Å². The molecule has 6 N–H and O–H groups in total. The van der Waals surface area contributed by atoms with Crippen molar-refractivity contribution in [1.29, 1.82) is 0 Å². The quantitative estimate of drug-likeness (QED) is 0.534. The summed E-state index contributed by atoms with van der Waals surface area (Å²) >= 11 is 0. The first-order chi connectivity index (χ1) is 8.41. The van der Waals surface area contributed by atoms with Crippen LogP contribution in [0.25, 0.3) is 0 Å². The van der Waals surface area contributed by atoms with Crippen molar-refractivity contribution in [1.82, 2.24) is 5.32 Å².